The first-order valence-corrected chi connectivity index (χ1v) is 11.5. The summed E-state index contributed by atoms with van der Waals surface area (Å²) in [6.07, 6.45) is 1.60. The number of piperidine rings is 1. The van der Waals surface area contributed by atoms with Crippen LogP contribution in [0.25, 0.3) is 0 Å². The lowest BCUT2D eigenvalue weighted by molar-refractivity contribution is -0.146. The monoisotopic (exact) mass is 499 g/mol. The summed E-state index contributed by atoms with van der Waals surface area (Å²) in [7, 11) is 0. The van der Waals surface area contributed by atoms with Gasteiger partial charge in [0.15, 0.2) is 5.96 Å². The average Bonchev–Trinajstić information content (AvgIpc) is 2.78. The predicted octanol–water partition coefficient (Wildman–Crippen LogP) is -2.07. The summed E-state index contributed by atoms with van der Waals surface area (Å²) in [6.45, 7) is 3.74. The van der Waals surface area contributed by atoms with E-state index < -0.39 is 66.2 Å². The molecule has 0 aliphatic carbocycles. The molecule has 4 atom stereocenters. The van der Waals surface area contributed by atoms with Gasteiger partial charge in [-0.05, 0) is 38.0 Å². The van der Waals surface area contributed by atoms with Crippen molar-refractivity contribution in [3.05, 3.63) is 0 Å². The Morgan fingerprint density at radius 3 is 2.29 bits per heavy atom. The Kier molecular flexibility index (Phi) is 11.9. The second-order valence-corrected chi connectivity index (χ2v) is 8.83. The van der Waals surface area contributed by atoms with Crippen molar-refractivity contribution in [2.24, 2.45) is 28.1 Å². The van der Waals surface area contributed by atoms with E-state index in [-0.39, 0.29) is 18.9 Å². The molecule has 0 aromatic carbocycles. The van der Waals surface area contributed by atoms with Crippen molar-refractivity contribution in [1.29, 1.82) is 0 Å². The predicted molar refractivity (Wildman–Crippen MR) is 126 cm³/mol. The van der Waals surface area contributed by atoms with Crippen molar-refractivity contribution in [2.75, 3.05) is 13.1 Å². The number of rotatable bonds is 13. The largest absolute Gasteiger partial charge is 0.481 e. The molecule has 14 nitrogen and oxygen atoms in total. The van der Waals surface area contributed by atoms with Gasteiger partial charge in [0.2, 0.25) is 17.7 Å². The zero-order valence-corrected chi connectivity index (χ0v) is 20.1. The number of guanidine groups is 1. The van der Waals surface area contributed by atoms with Crippen LogP contribution < -0.4 is 27.8 Å². The van der Waals surface area contributed by atoms with Gasteiger partial charge in [-0.15, -0.1) is 0 Å². The molecule has 1 unspecified atom stereocenters. The minimum atomic E-state index is -1.52. The second-order valence-electron chi connectivity index (χ2n) is 8.83. The number of hydrogen-bond donors (Lipinski definition) is 7. The number of carboxylic acids is 2. The van der Waals surface area contributed by atoms with Crippen LogP contribution in [0, 0.1) is 5.92 Å². The van der Waals surface area contributed by atoms with E-state index in [4.69, 9.17) is 17.2 Å². The molecule has 10 N–H and O–H groups in total. The van der Waals surface area contributed by atoms with Crippen LogP contribution in [0.15, 0.2) is 4.99 Å². The van der Waals surface area contributed by atoms with E-state index in [0.717, 1.165) is 0 Å². The molecule has 1 heterocycles. The van der Waals surface area contributed by atoms with Gasteiger partial charge in [-0.3, -0.25) is 24.2 Å². The van der Waals surface area contributed by atoms with Gasteiger partial charge in [-0.2, -0.15) is 0 Å². The van der Waals surface area contributed by atoms with Gasteiger partial charge < -0.3 is 42.9 Å². The van der Waals surface area contributed by atoms with Crippen molar-refractivity contribution < 1.29 is 34.2 Å². The van der Waals surface area contributed by atoms with Crippen LogP contribution >= 0.6 is 0 Å². The molecular weight excluding hydrogens is 462 g/mol. The smallest absolute Gasteiger partial charge is 0.326 e. The van der Waals surface area contributed by atoms with Gasteiger partial charge in [-0.25, -0.2) is 4.79 Å². The van der Waals surface area contributed by atoms with E-state index >= 15 is 0 Å². The summed E-state index contributed by atoms with van der Waals surface area (Å²) >= 11 is 0. The lowest BCUT2D eigenvalue weighted by atomic mass is 9.98. The zero-order valence-electron chi connectivity index (χ0n) is 20.1. The fourth-order valence-corrected chi connectivity index (χ4v) is 3.74. The number of likely N-dealkylation sites (tertiary alicyclic amines) is 1. The molecule has 0 spiro atoms. The molecule has 1 aliphatic rings. The fourth-order valence-electron chi connectivity index (χ4n) is 3.74. The lowest BCUT2D eigenvalue weighted by Crippen LogP contribution is -2.60. The molecule has 1 aliphatic heterocycles. The number of hydrogen-bond acceptors (Lipinski definition) is 7. The summed E-state index contributed by atoms with van der Waals surface area (Å²) in [4.78, 5) is 66.5. The van der Waals surface area contributed by atoms with Crippen LogP contribution in [0.1, 0.15) is 52.4 Å². The summed E-state index contributed by atoms with van der Waals surface area (Å²) in [6, 6.07) is -4.62. The molecule has 1 fully saturated rings. The van der Waals surface area contributed by atoms with Crippen molar-refractivity contribution in [3.8, 4) is 0 Å². The Balaban J connectivity index is 2.92. The molecule has 0 saturated carbocycles. The topological polar surface area (TPSA) is 244 Å². The second kappa shape index (κ2) is 14.1. The van der Waals surface area contributed by atoms with Crippen LogP contribution in [-0.2, 0) is 24.0 Å². The van der Waals surface area contributed by atoms with Crippen LogP contribution in [0.2, 0.25) is 0 Å². The summed E-state index contributed by atoms with van der Waals surface area (Å²) in [5.41, 5.74) is 16.6. The number of carboxylic acid groups (broad SMARTS) is 2. The maximum Gasteiger partial charge on any atom is 0.326 e. The van der Waals surface area contributed by atoms with E-state index in [1.54, 1.807) is 13.8 Å². The third-order valence-corrected chi connectivity index (χ3v) is 5.62. The Morgan fingerprint density at radius 1 is 1.09 bits per heavy atom. The Morgan fingerprint density at radius 2 is 1.74 bits per heavy atom. The van der Waals surface area contributed by atoms with E-state index in [2.05, 4.69) is 15.6 Å². The van der Waals surface area contributed by atoms with Crippen molar-refractivity contribution in [1.82, 2.24) is 15.5 Å². The van der Waals surface area contributed by atoms with Crippen LogP contribution in [0.5, 0.6) is 0 Å². The number of aliphatic carboxylic acids is 2. The SMILES string of the molecule is CC(C)[C@H](NC(=O)[C@H](CC(=O)O)NC(=O)C1CCCCN1C(=O)[C@@H](N)CCCN=C(N)N)C(=O)O. The quantitative estimate of drug-likeness (QED) is 0.0829. The number of aliphatic imine (C=N–C) groups is 1. The molecule has 0 aromatic heterocycles. The average molecular weight is 500 g/mol. The molecule has 1 saturated heterocycles. The zero-order chi connectivity index (χ0) is 26.7. The highest BCUT2D eigenvalue weighted by Gasteiger charge is 2.37. The minimum Gasteiger partial charge on any atom is -0.481 e. The third-order valence-electron chi connectivity index (χ3n) is 5.62. The van der Waals surface area contributed by atoms with E-state index in [1.165, 1.54) is 4.90 Å². The van der Waals surface area contributed by atoms with Crippen LogP contribution in [0.4, 0.5) is 0 Å². The third kappa shape index (κ3) is 9.76. The molecule has 14 heteroatoms. The van der Waals surface area contributed by atoms with Gasteiger partial charge in [0.05, 0.1) is 12.5 Å². The van der Waals surface area contributed by atoms with E-state index in [0.29, 0.717) is 32.2 Å². The molecule has 198 valence electrons. The highest BCUT2D eigenvalue weighted by atomic mass is 16.4. The number of amides is 3. The molecular formula is C21H37N7O7. The first-order valence-electron chi connectivity index (χ1n) is 11.5. The van der Waals surface area contributed by atoms with Gasteiger partial charge in [-0.1, -0.05) is 13.8 Å². The first-order chi connectivity index (χ1) is 16.3. The van der Waals surface area contributed by atoms with Gasteiger partial charge in [0.25, 0.3) is 0 Å². The standard InChI is InChI=1S/C21H37N7O7/c1-11(2)16(20(34)35)27-17(31)13(10-15(29)30)26-18(32)14-7-3-4-9-28(14)19(33)12(22)6-5-8-25-21(23)24/h11-14,16H,3-10,22H2,1-2H3,(H,26,32)(H,27,31)(H,29,30)(H,34,35)(H4,23,24,25)/t12-,13-,14?,16-/m0/s1. The van der Waals surface area contributed by atoms with Crippen LogP contribution in [0.3, 0.4) is 0 Å². The maximum atomic E-state index is 13.0. The molecule has 3 amide bonds. The van der Waals surface area contributed by atoms with Gasteiger partial charge in [0.1, 0.15) is 18.1 Å². The van der Waals surface area contributed by atoms with Gasteiger partial charge in [0, 0.05) is 13.1 Å². The number of carbonyl (C=O) groups is 5. The summed E-state index contributed by atoms with van der Waals surface area (Å²) in [5, 5.41) is 23.2. The maximum absolute atomic E-state index is 13.0. The van der Waals surface area contributed by atoms with E-state index in [1.807, 2.05) is 0 Å². The first kappa shape index (κ1) is 29.6. The number of nitrogens with one attached hydrogen (secondary N) is 2. The molecule has 0 radical (unpaired) electrons. The minimum absolute atomic E-state index is 0.0688. The van der Waals surface area contributed by atoms with E-state index in [9.17, 15) is 34.2 Å². The highest BCUT2D eigenvalue weighted by molar-refractivity contribution is 5.95. The molecule has 1 rings (SSSR count). The van der Waals surface area contributed by atoms with Crippen molar-refractivity contribution >= 4 is 35.6 Å². The van der Waals surface area contributed by atoms with Crippen molar-refractivity contribution in [3.63, 3.8) is 0 Å². The van der Waals surface area contributed by atoms with Crippen LogP contribution in [-0.4, -0.2) is 88.0 Å². The number of nitrogens with two attached hydrogens (primary N) is 3. The number of carbonyl (C=O) groups excluding carboxylic acids is 3. The highest BCUT2D eigenvalue weighted by Crippen LogP contribution is 2.19. The Hall–Kier alpha value is -3.42. The Bertz CT molecular complexity index is 814. The Labute approximate surface area is 203 Å². The summed E-state index contributed by atoms with van der Waals surface area (Å²) in [5.74, 6) is -5.28. The lowest BCUT2D eigenvalue weighted by Gasteiger charge is -2.37. The molecule has 0 bridgehead atoms. The van der Waals surface area contributed by atoms with Crippen molar-refractivity contribution in [2.45, 2.75) is 76.5 Å². The molecule has 0 aromatic rings. The van der Waals surface area contributed by atoms with Gasteiger partial charge >= 0.3 is 11.9 Å². The normalized spacial score (nSPS) is 18.2. The molecule has 35 heavy (non-hydrogen) atoms. The fraction of sp³-hybridized carbons (Fsp3) is 0.714. The summed E-state index contributed by atoms with van der Waals surface area (Å²) < 4.78 is 0. The number of nitrogens with zero attached hydrogens (tertiary/aromatic N) is 2.